The highest BCUT2D eigenvalue weighted by molar-refractivity contribution is 5.70. The van der Waals surface area contributed by atoms with Crippen LogP contribution in [0.3, 0.4) is 0 Å². The number of carbonyl (C=O) groups excluding carboxylic acids is 2. The zero-order chi connectivity index (χ0) is 39.3. The number of unbranched alkanes of at least 4 members (excludes halogenated alkanes) is 23. The molecule has 0 bridgehead atoms. The number of carbonyl (C=O) groups is 2. The molecule has 0 aromatic carbocycles. The molecule has 312 valence electrons. The Hall–Kier alpha value is -2.40. The second-order valence-corrected chi connectivity index (χ2v) is 15.1. The normalized spacial score (nSPS) is 12.7. The van der Waals surface area contributed by atoms with E-state index < -0.39 is 6.10 Å². The van der Waals surface area contributed by atoms with Crippen LogP contribution in [0.4, 0.5) is 0 Å². The van der Waals surface area contributed by atoms with Gasteiger partial charge in [0.2, 0.25) is 0 Å². The van der Waals surface area contributed by atoms with Crippen LogP contribution in [0.5, 0.6) is 0 Å². The highest BCUT2D eigenvalue weighted by Gasteiger charge is 2.16. The van der Waals surface area contributed by atoms with Crippen molar-refractivity contribution in [3.05, 3.63) is 60.8 Å². The zero-order valence-corrected chi connectivity index (χ0v) is 35.5. The Balaban J connectivity index is 3.56. The van der Waals surface area contributed by atoms with E-state index in [1.165, 1.54) is 128 Å². The van der Waals surface area contributed by atoms with E-state index >= 15 is 0 Å². The van der Waals surface area contributed by atoms with Crippen molar-refractivity contribution in [1.82, 2.24) is 0 Å². The molecule has 0 spiro atoms. The summed E-state index contributed by atoms with van der Waals surface area (Å²) < 4.78 is 10.6. The smallest absolute Gasteiger partial charge is 0.306 e. The molecule has 0 radical (unpaired) electrons. The van der Waals surface area contributed by atoms with E-state index in [4.69, 9.17) is 9.47 Å². The van der Waals surface area contributed by atoms with Gasteiger partial charge in [-0.15, -0.1) is 0 Å². The summed E-state index contributed by atoms with van der Waals surface area (Å²) in [5.74, 6) is -0.654. The third-order valence-corrected chi connectivity index (χ3v) is 9.83. The fraction of sp³-hybridized carbons (Fsp3) is 0.755. The minimum Gasteiger partial charge on any atom is -0.462 e. The summed E-state index contributed by atoms with van der Waals surface area (Å²) in [5, 5.41) is 9.58. The van der Waals surface area contributed by atoms with E-state index in [0.717, 1.165) is 57.8 Å². The fourth-order valence-corrected chi connectivity index (χ4v) is 6.41. The first-order chi connectivity index (χ1) is 26.6. The van der Waals surface area contributed by atoms with Gasteiger partial charge in [0.15, 0.2) is 6.10 Å². The van der Waals surface area contributed by atoms with Crippen LogP contribution in [0.25, 0.3) is 0 Å². The van der Waals surface area contributed by atoms with Crippen molar-refractivity contribution in [3.63, 3.8) is 0 Å². The summed E-state index contributed by atoms with van der Waals surface area (Å²) >= 11 is 0. The zero-order valence-electron chi connectivity index (χ0n) is 35.5. The number of aliphatic hydroxyl groups is 1. The molecule has 1 atom stereocenters. The van der Waals surface area contributed by atoms with Crippen LogP contribution < -0.4 is 0 Å². The molecule has 0 aromatic rings. The van der Waals surface area contributed by atoms with Gasteiger partial charge in [0.05, 0.1) is 6.61 Å². The first-order valence-electron chi connectivity index (χ1n) is 22.8. The number of hydrogen-bond donors (Lipinski definition) is 1. The lowest BCUT2D eigenvalue weighted by Gasteiger charge is -2.15. The van der Waals surface area contributed by atoms with E-state index in [-0.39, 0.29) is 31.6 Å². The number of ether oxygens (including phenoxy) is 2. The summed E-state index contributed by atoms with van der Waals surface area (Å²) in [5.41, 5.74) is 0. The second kappa shape index (κ2) is 45.0. The maximum atomic E-state index is 12.2. The molecule has 0 amide bonds. The molecule has 0 aliphatic rings. The van der Waals surface area contributed by atoms with Crippen molar-refractivity contribution in [1.29, 1.82) is 0 Å². The summed E-state index contributed by atoms with van der Waals surface area (Å²) in [4.78, 5) is 24.3. The molecular formula is C49H86O5. The fourth-order valence-electron chi connectivity index (χ4n) is 6.41. The maximum absolute atomic E-state index is 12.2. The molecule has 1 N–H and O–H groups in total. The van der Waals surface area contributed by atoms with Crippen molar-refractivity contribution in [3.8, 4) is 0 Å². The van der Waals surface area contributed by atoms with Crippen LogP contribution in [-0.4, -0.2) is 36.4 Å². The van der Waals surface area contributed by atoms with Gasteiger partial charge in [0.25, 0.3) is 0 Å². The number of rotatable bonds is 41. The Labute approximate surface area is 334 Å². The van der Waals surface area contributed by atoms with Crippen LogP contribution in [0.1, 0.15) is 219 Å². The molecule has 0 unspecified atom stereocenters. The van der Waals surface area contributed by atoms with E-state index in [9.17, 15) is 14.7 Å². The van der Waals surface area contributed by atoms with Crippen LogP contribution in [-0.2, 0) is 19.1 Å². The molecule has 0 aromatic heterocycles. The van der Waals surface area contributed by atoms with E-state index in [0.29, 0.717) is 12.8 Å². The molecule has 0 aliphatic heterocycles. The van der Waals surface area contributed by atoms with Gasteiger partial charge in [-0.2, -0.15) is 0 Å². The summed E-state index contributed by atoms with van der Waals surface area (Å²) in [6, 6.07) is 0. The number of esters is 2. The SMILES string of the molecule is CC/C=C/C/C=C/C/C=C/C/C=C/C/C=C/CCCC(=O)O[C@@H](CO)COC(=O)CCCCCCCCCCCCCCCCCCCCCCCCC. The first kappa shape index (κ1) is 51.6. The highest BCUT2D eigenvalue weighted by Crippen LogP contribution is 2.16. The minimum absolute atomic E-state index is 0.0881. The molecule has 54 heavy (non-hydrogen) atoms. The lowest BCUT2D eigenvalue weighted by Crippen LogP contribution is -2.28. The Morgan fingerprint density at radius 1 is 0.444 bits per heavy atom. The van der Waals surface area contributed by atoms with Gasteiger partial charge in [0, 0.05) is 12.8 Å². The predicted octanol–water partition coefficient (Wildman–Crippen LogP) is 14.7. The third-order valence-electron chi connectivity index (χ3n) is 9.83. The standard InChI is InChI=1S/C49H86O5/c1-3-5-7-9-11-13-15-17-19-21-22-23-24-25-26-28-29-31-33-35-37-39-41-43-48(51)53-46-47(45-50)54-49(52)44-42-40-38-36-34-32-30-27-20-18-16-14-12-10-8-6-4-2/h6,8,12,14,18,20,30,32,36,38,47,50H,3-5,7,9-11,13,15-17,19,21-29,31,33-35,37,39-46H2,1-2H3/b8-6+,14-12+,20-18+,32-30+,38-36+/t47-/m0/s1. The quantitative estimate of drug-likeness (QED) is 0.0382. The molecule has 0 saturated heterocycles. The van der Waals surface area contributed by atoms with Gasteiger partial charge in [-0.05, 0) is 51.4 Å². The minimum atomic E-state index is -0.801. The number of aliphatic hydroxyl groups excluding tert-OH is 1. The molecule has 0 aliphatic carbocycles. The lowest BCUT2D eigenvalue weighted by atomic mass is 10.0. The maximum Gasteiger partial charge on any atom is 0.306 e. The summed E-state index contributed by atoms with van der Waals surface area (Å²) in [6.07, 6.45) is 58.8. The average Bonchev–Trinajstić information content (AvgIpc) is 3.17. The highest BCUT2D eigenvalue weighted by atomic mass is 16.6. The van der Waals surface area contributed by atoms with E-state index in [1.807, 2.05) is 0 Å². The lowest BCUT2D eigenvalue weighted by molar-refractivity contribution is -0.161. The van der Waals surface area contributed by atoms with Crippen LogP contribution in [0, 0.1) is 0 Å². The molecule has 0 fully saturated rings. The Morgan fingerprint density at radius 2 is 0.796 bits per heavy atom. The summed E-state index contributed by atoms with van der Waals surface area (Å²) in [7, 11) is 0. The van der Waals surface area contributed by atoms with Crippen molar-refractivity contribution in [2.24, 2.45) is 0 Å². The predicted molar refractivity (Wildman–Crippen MR) is 233 cm³/mol. The molecule has 0 rings (SSSR count). The van der Waals surface area contributed by atoms with Crippen molar-refractivity contribution in [2.75, 3.05) is 13.2 Å². The number of hydrogen-bond acceptors (Lipinski definition) is 5. The van der Waals surface area contributed by atoms with Crippen LogP contribution >= 0.6 is 0 Å². The molecule has 0 heterocycles. The van der Waals surface area contributed by atoms with Gasteiger partial charge >= 0.3 is 11.9 Å². The van der Waals surface area contributed by atoms with E-state index in [1.54, 1.807) is 0 Å². The van der Waals surface area contributed by atoms with Crippen molar-refractivity contribution in [2.45, 2.75) is 225 Å². The third kappa shape index (κ3) is 42.3. The topological polar surface area (TPSA) is 72.8 Å². The monoisotopic (exact) mass is 755 g/mol. The van der Waals surface area contributed by atoms with Gasteiger partial charge < -0.3 is 14.6 Å². The molecule has 5 heteroatoms. The Morgan fingerprint density at radius 3 is 1.19 bits per heavy atom. The van der Waals surface area contributed by atoms with Crippen LogP contribution in [0.2, 0.25) is 0 Å². The number of allylic oxidation sites excluding steroid dienone is 10. The Kier molecular flexibility index (Phi) is 43.0. The molecular weight excluding hydrogens is 669 g/mol. The molecule has 0 saturated carbocycles. The Bertz CT molecular complexity index is 946. The van der Waals surface area contributed by atoms with Gasteiger partial charge in [-0.3, -0.25) is 9.59 Å². The van der Waals surface area contributed by atoms with Gasteiger partial charge in [0.1, 0.15) is 6.61 Å². The average molecular weight is 755 g/mol. The van der Waals surface area contributed by atoms with Crippen LogP contribution in [0.15, 0.2) is 60.8 Å². The van der Waals surface area contributed by atoms with E-state index in [2.05, 4.69) is 74.6 Å². The van der Waals surface area contributed by atoms with Gasteiger partial charge in [-0.25, -0.2) is 0 Å². The first-order valence-corrected chi connectivity index (χ1v) is 22.8. The van der Waals surface area contributed by atoms with Crippen molar-refractivity contribution < 1.29 is 24.2 Å². The van der Waals surface area contributed by atoms with Crippen molar-refractivity contribution >= 4 is 11.9 Å². The van der Waals surface area contributed by atoms with Gasteiger partial charge in [-0.1, -0.05) is 216 Å². The molecule has 5 nitrogen and oxygen atoms in total. The second-order valence-electron chi connectivity index (χ2n) is 15.1. The largest absolute Gasteiger partial charge is 0.462 e. The summed E-state index contributed by atoms with van der Waals surface area (Å²) in [6.45, 7) is 3.99.